The van der Waals surface area contributed by atoms with E-state index in [2.05, 4.69) is 95.9 Å². The van der Waals surface area contributed by atoms with Crippen LogP contribution in [0.3, 0.4) is 0 Å². The smallest absolute Gasteiger partial charge is 0.0999 e. The van der Waals surface area contributed by atoms with E-state index in [9.17, 15) is 0 Å². The number of aromatic nitrogens is 2. The maximum absolute atomic E-state index is 4.72. The van der Waals surface area contributed by atoms with E-state index in [1.165, 1.54) is 6.42 Å². The van der Waals surface area contributed by atoms with Crippen LogP contribution >= 0.6 is 0 Å². The van der Waals surface area contributed by atoms with Gasteiger partial charge in [0.05, 0.1) is 29.5 Å². The molecule has 0 unspecified atom stereocenters. The number of rotatable bonds is 0. The first kappa shape index (κ1) is 18.9. The average molecular weight is 383 g/mol. The second-order valence-electron chi connectivity index (χ2n) is 7.24. The Morgan fingerprint density at radius 3 is 1.66 bits per heavy atom. The molecule has 0 aromatic carbocycles. The lowest BCUT2D eigenvalue weighted by molar-refractivity contribution is 0.582. The molecule has 2 aromatic heterocycles. The minimum absolute atomic E-state index is 0. The highest BCUT2D eigenvalue weighted by atomic mass is 15.2. The van der Waals surface area contributed by atoms with Gasteiger partial charge in [0.2, 0.25) is 0 Å². The summed E-state index contributed by atoms with van der Waals surface area (Å²) in [4.78, 5) is 9.43. The lowest BCUT2D eigenvalue weighted by Crippen LogP contribution is -2.31. The zero-order valence-corrected chi connectivity index (χ0v) is 16.1. The standard InChI is InChI=1S/C21H14N4.C3H8.CH4/c1-2-15-10-19-7-8-21-12-17-4-3-16(23-17)11-20-6-5-18(9-14(1)22-15)24(20)13-25(19)21;1-3-2;/h1-12H,13H2;3H2,1-2H3;1H4. The minimum Gasteiger partial charge on any atom is -0.323 e. The minimum atomic E-state index is 0. The van der Waals surface area contributed by atoms with Crippen molar-refractivity contribution in [1.82, 2.24) is 9.13 Å². The molecule has 0 aliphatic carbocycles. The van der Waals surface area contributed by atoms with Crippen LogP contribution in [0.4, 0.5) is 0 Å². The fraction of sp³-hybridized carbons (Fsp3) is 0.200. The van der Waals surface area contributed by atoms with Gasteiger partial charge in [0.15, 0.2) is 0 Å². The fourth-order valence-corrected chi connectivity index (χ4v) is 3.69. The van der Waals surface area contributed by atoms with Gasteiger partial charge in [-0.05, 0) is 72.9 Å². The van der Waals surface area contributed by atoms with E-state index in [0.717, 1.165) is 51.6 Å². The molecule has 0 fully saturated rings. The van der Waals surface area contributed by atoms with Crippen molar-refractivity contribution in [2.75, 3.05) is 0 Å². The SMILES string of the molecule is C.C1=CC2=NC1=Cc1ccc3n1Cn1c(ccc1=CC1=NC(=C3)C=C1)=C2.CCC. The van der Waals surface area contributed by atoms with E-state index in [1.807, 2.05) is 0 Å². The Hall–Kier alpha value is -3.40. The second-order valence-corrected chi connectivity index (χ2v) is 7.24. The molecule has 6 rings (SSSR count). The summed E-state index contributed by atoms with van der Waals surface area (Å²) in [6, 6.07) is 8.61. The quantitative estimate of drug-likeness (QED) is 0.656. The zero-order chi connectivity index (χ0) is 19.1. The van der Waals surface area contributed by atoms with Crippen molar-refractivity contribution in [3.63, 3.8) is 0 Å². The van der Waals surface area contributed by atoms with Crippen LogP contribution in [0.1, 0.15) is 39.1 Å². The fourth-order valence-electron chi connectivity index (χ4n) is 3.69. The molecule has 0 saturated heterocycles. The Labute approximate surface area is 171 Å². The Bertz CT molecular complexity index is 1170. The van der Waals surface area contributed by atoms with Crippen LogP contribution in [0, 0.1) is 0 Å². The summed E-state index contributed by atoms with van der Waals surface area (Å²) in [6.07, 6.45) is 18.1. The van der Waals surface area contributed by atoms with Crippen molar-refractivity contribution >= 4 is 35.7 Å². The van der Waals surface area contributed by atoms with Crippen LogP contribution in [0.25, 0.3) is 24.3 Å². The van der Waals surface area contributed by atoms with Gasteiger partial charge in [0.1, 0.15) is 0 Å². The number of hydrogen-bond donors (Lipinski definition) is 0. The van der Waals surface area contributed by atoms with Crippen molar-refractivity contribution in [2.45, 2.75) is 34.4 Å². The summed E-state index contributed by atoms with van der Waals surface area (Å²) in [7, 11) is 0. The molecule has 0 radical (unpaired) electrons. The molecule has 29 heavy (non-hydrogen) atoms. The molecule has 0 atom stereocenters. The molecule has 4 aliphatic rings. The molecule has 0 spiro atoms. The van der Waals surface area contributed by atoms with Crippen LogP contribution in [0.2, 0.25) is 0 Å². The average Bonchev–Trinajstić information content (AvgIpc) is 3.45. The van der Waals surface area contributed by atoms with Gasteiger partial charge in [-0.3, -0.25) is 0 Å². The van der Waals surface area contributed by atoms with E-state index >= 15 is 0 Å². The molecule has 0 saturated carbocycles. The molecule has 0 N–H and O–H groups in total. The maximum Gasteiger partial charge on any atom is 0.0999 e. The second kappa shape index (κ2) is 7.55. The normalized spacial score (nSPS) is 16.8. The summed E-state index contributed by atoms with van der Waals surface area (Å²) in [5.41, 5.74) is 6.26. The molecule has 4 nitrogen and oxygen atoms in total. The third-order valence-electron chi connectivity index (χ3n) is 4.93. The van der Waals surface area contributed by atoms with Gasteiger partial charge in [-0.1, -0.05) is 27.7 Å². The van der Waals surface area contributed by atoms with Gasteiger partial charge in [-0.15, -0.1) is 0 Å². The van der Waals surface area contributed by atoms with Gasteiger partial charge in [0, 0.05) is 22.1 Å². The van der Waals surface area contributed by atoms with Crippen LogP contribution in [0.15, 0.2) is 69.9 Å². The van der Waals surface area contributed by atoms with Crippen molar-refractivity contribution in [1.29, 1.82) is 0 Å². The van der Waals surface area contributed by atoms with E-state index in [1.54, 1.807) is 0 Å². The van der Waals surface area contributed by atoms with Gasteiger partial charge >= 0.3 is 0 Å². The van der Waals surface area contributed by atoms with E-state index < -0.39 is 0 Å². The molecule has 4 aliphatic heterocycles. The molecular weight excluding hydrogens is 356 g/mol. The summed E-state index contributed by atoms with van der Waals surface area (Å²) < 4.78 is 4.63. The van der Waals surface area contributed by atoms with Crippen LogP contribution < -0.4 is 10.7 Å². The summed E-state index contributed by atoms with van der Waals surface area (Å²) in [5.74, 6) is 0. The number of hydrogen-bond acceptors (Lipinski definition) is 2. The highest BCUT2D eigenvalue weighted by Gasteiger charge is 2.14. The predicted octanol–water partition coefficient (Wildman–Crippen LogP) is 4.14. The Morgan fingerprint density at radius 2 is 1.17 bits per heavy atom. The third kappa shape index (κ3) is 3.42. The molecule has 0 amide bonds. The van der Waals surface area contributed by atoms with Gasteiger partial charge in [-0.2, -0.15) is 0 Å². The van der Waals surface area contributed by atoms with Gasteiger partial charge in [-0.25, -0.2) is 9.98 Å². The van der Waals surface area contributed by atoms with E-state index in [0.29, 0.717) is 0 Å². The largest absolute Gasteiger partial charge is 0.323 e. The lowest BCUT2D eigenvalue weighted by Gasteiger charge is -2.14. The zero-order valence-electron chi connectivity index (χ0n) is 16.1. The lowest BCUT2D eigenvalue weighted by atomic mass is 10.3. The van der Waals surface area contributed by atoms with Crippen LogP contribution in [0.5, 0.6) is 0 Å². The van der Waals surface area contributed by atoms with Crippen molar-refractivity contribution in [3.05, 3.63) is 82.0 Å². The van der Waals surface area contributed by atoms with Crippen molar-refractivity contribution in [2.24, 2.45) is 9.98 Å². The summed E-state index contributed by atoms with van der Waals surface area (Å²) in [5, 5.41) is 2.30. The number of fused-ring (bicyclic) bond motifs is 2. The maximum atomic E-state index is 4.72. The Morgan fingerprint density at radius 1 is 0.690 bits per heavy atom. The van der Waals surface area contributed by atoms with Crippen molar-refractivity contribution in [3.8, 4) is 0 Å². The first-order valence-electron chi connectivity index (χ1n) is 9.79. The van der Waals surface area contributed by atoms with E-state index in [-0.39, 0.29) is 7.43 Å². The number of aliphatic imine (C=N–C) groups is 2. The molecular formula is C25H26N4. The topological polar surface area (TPSA) is 34.6 Å². The number of allylic oxidation sites excluding steroid dienone is 4. The first-order valence-corrected chi connectivity index (χ1v) is 9.79. The molecule has 4 heteroatoms. The Balaban J connectivity index is 0.000000485. The molecule has 146 valence electrons. The number of nitrogens with zero attached hydrogens (tertiary/aromatic N) is 4. The van der Waals surface area contributed by atoms with Crippen LogP contribution in [-0.2, 0) is 6.67 Å². The first-order chi connectivity index (χ1) is 13.7. The molecule has 2 aromatic rings. The molecule has 6 heterocycles. The van der Waals surface area contributed by atoms with E-state index in [4.69, 9.17) is 9.98 Å². The van der Waals surface area contributed by atoms with Crippen LogP contribution in [-0.4, -0.2) is 20.6 Å². The van der Waals surface area contributed by atoms with Gasteiger partial charge in [0.25, 0.3) is 0 Å². The third-order valence-corrected chi connectivity index (χ3v) is 4.93. The predicted molar refractivity (Wildman–Crippen MR) is 124 cm³/mol. The summed E-state index contributed by atoms with van der Waals surface area (Å²) in [6.45, 7) is 5.01. The highest BCUT2D eigenvalue weighted by molar-refractivity contribution is 6.20. The monoisotopic (exact) mass is 382 g/mol. The summed E-state index contributed by atoms with van der Waals surface area (Å²) >= 11 is 0. The molecule has 6 bridgehead atoms. The highest BCUT2D eigenvalue weighted by Crippen LogP contribution is 2.22. The Kier molecular flexibility index (Phi) is 4.93. The van der Waals surface area contributed by atoms with Crippen molar-refractivity contribution < 1.29 is 0 Å². The van der Waals surface area contributed by atoms with Gasteiger partial charge < -0.3 is 9.13 Å².